The zero-order chi connectivity index (χ0) is 25.8. The molecule has 0 fully saturated rings. The number of nitrogens with zero attached hydrogens (tertiary/aromatic N) is 3. The number of hydrogen-bond donors (Lipinski definition) is 0. The van der Waals surface area contributed by atoms with Gasteiger partial charge in [0, 0.05) is 41.9 Å². The minimum Gasteiger partial charge on any atom is -0.491 e. The lowest BCUT2D eigenvalue weighted by atomic mass is 9.99. The minimum atomic E-state index is -0.905. The van der Waals surface area contributed by atoms with Crippen molar-refractivity contribution in [1.82, 2.24) is 14.5 Å². The Morgan fingerprint density at radius 1 is 1.06 bits per heavy atom. The maximum absolute atomic E-state index is 13.7. The summed E-state index contributed by atoms with van der Waals surface area (Å²) in [6, 6.07) is 15.4. The van der Waals surface area contributed by atoms with Crippen LogP contribution in [-0.4, -0.2) is 40.4 Å². The fraction of sp³-hybridized carbons (Fsp3) is 0.310. The van der Waals surface area contributed by atoms with Crippen LogP contribution in [0.4, 0.5) is 8.78 Å². The largest absolute Gasteiger partial charge is 0.491 e. The highest BCUT2D eigenvalue weighted by atomic mass is 19.2. The van der Waals surface area contributed by atoms with Gasteiger partial charge >= 0.3 is 0 Å². The van der Waals surface area contributed by atoms with Gasteiger partial charge in [0.25, 0.3) is 0 Å². The van der Waals surface area contributed by atoms with Crippen molar-refractivity contribution in [2.24, 2.45) is 0 Å². The van der Waals surface area contributed by atoms with Gasteiger partial charge in [-0.15, -0.1) is 0 Å². The summed E-state index contributed by atoms with van der Waals surface area (Å²) in [5.74, 6) is -1.11. The van der Waals surface area contributed by atoms with E-state index in [1.807, 2.05) is 69.2 Å². The van der Waals surface area contributed by atoms with E-state index in [0.717, 1.165) is 40.2 Å². The first kappa shape index (κ1) is 25.5. The fourth-order valence-corrected chi connectivity index (χ4v) is 4.41. The molecule has 5 nitrogen and oxygen atoms in total. The molecule has 2 aromatic heterocycles. The average Bonchev–Trinajstić information content (AvgIpc) is 3.11. The van der Waals surface area contributed by atoms with Crippen molar-refractivity contribution in [3.8, 4) is 5.75 Å². The second-order valence-corrected chi connectivity index (χ2v) is 9.48. The van der Waals surface area contributed by atoms with E-state index in [0.29, 0.717) is 30.6 Å². The molecular weight excluding hydrogens is 460 g/mol. The summed E-state index contributed by atoms with van der Waals surface area (Å²) in [6.45, 7) is 5.00. The van der Waals surface area contributed by atoms with Crippen LogP contribution >= 0.6 is 0 Å². The summed E-state index contributed by atoms with van der Waals surface area (Å²) in [5, 5.41) is 0.842. The molecule has 0 bridgehead atoms. The Bertz CT molecular complexity index is 1360. The molecule has 0 aliphatic rings. The maximum Gasteiger partial charge on any atom is 0.165 e. The van der Waals surface area contributed by atoms with E-state index in [9.17, 15) is 13.6 Å². The number of aryl methyl sites for hydroxylation is 1. The number of ketones is 1. The molecule has 188 valence electrons. The third-order valence-corrected chi connectivity index (χ3v) is 5.93. The highest BCUT2D eigenvalue weighted by Crippen LogP contribution is 2.32. The van der Waals surface area contributed by atoms with Crippen LogP contribution in [0.2, 0.25) is 0 Å². The molecule has 0 N–H and O–H groups in total. The third-order valence-electron chi connectivity index (χ3n) is 5.93. The van der Waals surface area contributed by atoms with Gasteiger partial charge in [0.1, 0.15) is 5.75 Å². The van der Waals surface area contributed by atoms with Crippen LogP contribution < -0.4 is 4.74 Å². The van der Waals surface area contributed by atoms with Crippen molar-refractivity contribution < 1.29 is 18.3 Å². The number of pyridine rings is 1. The molecule has 0 spiro atoms. The molecule has 2 heterocycles. The number of Topliss-reactive ketones (excluding diaryl/α,β-unsaturated/α-hetero) is 1. The molecule has 4 aromatic rings. The topological polar surface area (TPSA) is 47.4 Å². The molecule has 0 saturated heterocycles. The predicted octanol–water partition coefficient (Wildman–Crippen LogP) is 6.03. The van der Waals surface area contributed by atoms with Crippen LogP contribution in [0.1, 0.15) is 47.6 Å². The Labute approximate surface area is 210 Å². The quantitative estimate of drug-likeness (QED) is 0.254. The normalized spacial score (nSPS) is 11.6. The Hall–Kier alpha value is -3.58. The number of fused-ring (bicyclic) bond motifs is 1. The number of benzene rings is 2. The van der Waals surface area contributed by atoms with Gasteiger partial charge in [-0.05, 0) is 76.3 Å². The van der Waals surface area contributed by atoms with Crippen LogP contribution in [0.5, 0.6) is 5.75 Å². The third kappa shape index (κ3) is 5.79. The van der Waals surface area contributed by atoms with Gasteiger partial charge in [-0.1, -0.05) is 12.1 Å². The van der Waals surface area contributed by atoms with Crippen molar-refractivity contribution in [3.63, 3.8) is 0 Å². The molecule has 36 heavy (non-hydrogen) atoms. The number of rotatable bonds is 10. The Morgan fingerprint density at radius 2 is 1.86 bits per heavy atom. The summed E-state index contributed by atoms with van der Waals surface area (Å²) >= 11 is 0. The molecule has 0 unspecified atom stereocenters. The molecule has 0 aliphatic heterocycles. The zero-order valence-corrected chi connectivity index (χ0v) is 21.1. The highest BCUT2D eigenvalue weighted by Gasteiger charge is 2.24. The van der Waals surface area contributed by atoms with E-state index >= 15 is 0 Å². The number of carbonyl (C=O) groups excluding carboxylic acids is 1. The first-order chi connectivity index (χ1) is 17.2. The van der Waals surface area contributed by atoms with E-state index < -0.39 is 11.6 Å². The highest BCUT2D eigenvalue weighted by molar-refractivity contribution is 6.10. The lowest BCUT2D eigenvalue weighted by molar-refractivity contribution is 0.0982. The predicted molar refractivity (Wildman–Crippen MR) is 137 cm³/mol. The van der Waals surface area contributed by atoms with E-state index in [-0.39, 0.29) is 18.3 Å². The van der Waals surface area contributed by atoms with Crippen molar-refractivity contribution in [2.75, 3.05) is 14.1 Å². The Morgan fingerprint density at radius 3 is 2.53 bits per heavy atom. The average molecular weight is 492 g/mol. The van der Waals surface area contributed by atoms with Crippen molar-refractivity contribution in [1.29, 1.82) is 0 Å². The van der Waals surface area contributed by atoms with Crippen molar-refractivity contribution in [3.05, 3.63) is 94.9 Å². The van der Waals surface area contributed by atoms with Crippen LogP contribution in [0.15, 0.2) is 60.8 Å². The first-order valence-corrected chi connectivity index (χ1v) is 12.1. The summed E-state index contributed by atoms with van der Waals surface area (Å²) < 4.78 is 35.1. The maximum atomic E-state index is 13.7. The molecule has 0 aliphatic carbocycles. The molecule has 4 rings (SSSR count). The van der Waals surface area contributed by atoms with Gasteiger partial charge in [-0.25, -0.2) is 8.78 Å². The number of ether oxygens (including phenoxy) is 1. The Kier molecular flexibility index (Phi) is 7.79. The fourth-order valence-electron chi connectivity index (χ4n) is 4.41. The summed E-state index contributed by atoms with van der Waals surface area (Å²) in [4.78, 5) is 20.2. The molecule has 0 atom stereocenters. The van der Waals surface area contributed by atoms with E-state index in [1.165, 1.54) is 6.07 Å². The number of carbonyl (C=O) groups is 1. The summed E-state index contributed by atoms with van der Waals surface area (Å²) in [5.41, 5.74) is 3.89. The summed E-state index contributed by atoms with van der Waals surface area (Å²) in [7, 11) is 3.93. The van der Waals surface area contributed by atoms with Crippen LogP contribution in [-0.2, 0) is 19.5 Å². The standard InChI is InChI=1S/C29H31F2N3O2/c1-19(2)36-22-10-11-23-26(16-22)34(17-21-7-5-6-14-32-21)27(18-33(3)4)29(23)28(35)13-9-20-8-12-24(30)25(31)15-20/h5-8,10-12,14-16,19H,9,13,17-18H2,1-4H3. The van der Waals surface area contributed by atoms with E-state index in [1.54, 1.807) is 6.20 Å². The zero-order valence-electron chi connectivity index (χ0n) is 21.1. The van der Waals surface area contributed by atoms with E-state index in [2.05, 4.69) is 9.55 Å². The second kappa shape index (κ2) is 11.0. The van der Waals surface area contributed by atoms with Crippen molar-refractivity contribution >= 4 is 16.7 Å². The second-order valence-electron chi connectivity index (χ2n) is 9.48. The monoisotopic (exact) mass is 491 g/mol. The Balaban J connectivity index is 1.80. The summed E-state index contributed by atoms with van der Waals surface area (Å²) in [6.07, 6.45) is 2.27. The minimum absolute atomic E-state index is 0.0140. The lowest BCUT2D eigenvalue weighted by Gasteiger charge is -2.16. The van der Waals surface area contributed by atoms with Crippen LogP contribution in [0, 0.1) is 11.6 Å². The van der Waals surface area contributed by atoms with Gasteiger partial charge in [0.15, 0.2) is 17.4 Å². The lowest BCUT2D eigenvalue weighted by Crippen LogP contribution is -2.18. The van der Waals surface area contributed by atoms with Crippen LogP contribution in [0.3, 0.4) is 0 Å². The van der Waals surface area contributed by atoms with E-state index in [4.69, 9.17) is 4.74 Å². The van der Waals surface area contributed by atoms with Gasteiger partial charge in [0.05, 0.1) is 23.9 Å². The molecule has 0 amide bonds. The first-order valence-electron chi connectivity index (χ1n) is 12.1. The number of hydrogen-bond acceptors (Lipinski definition) is 4. The van der Waals surface area contributed by atoms with Gasteiger partial charge < -0.3 is 14.2 Å². The van der Waals surface area contributed by atoms with Gasteiger partial charge in [-0.2, -0.15) is 0 Å². The smallest absolute Gasteiger partial charge is 0.165 e. The molecule has 7 heteroatoms. The number of aromatic nitrogens is 2. The van der Waals surface area contributed by atoms with Gasteiger partial charge in [-0.3, -0.25) is 9.78 Å². The number of halogens is 2. The molecule has 0 saturated carbocycles. The molecular formula is C29H31F2N3O2. The van der Waals surface area contributed by atoms with Crippen LogP contribution in [0.25, 0.3) is 10.9 Å². The molecule has 2 aromatic carbocycles. The van der Waals surface area contributed by atoms with Crippen molar-refractivity contribution in [2.45, 2.75) is 45.9 Å². The van der Waals surface area contributed by atoms with Gasteiger partial charge in [0.2, 0.25) is 0 Å². The molecule has 0 radical (unpaired) electrons. The SMILES string of the molecule is CC(C)Oc1ccc2c(C(=O)CCc3ccc(F)c(F)c3)c(CN(C)C)n(Cc3ccccn3)c2c1.